The molecule has 3 rings (SSSR count). The number of hydrogen-bond acceptors (Lipinski definition) is 7. The molecule has 0 aliphatic carbocycles. The SMILES string of the molecule is CC(CO)NS(=O)(=O)c1ccccc1-c1cnc(-c2cnc(N)nc2)c(F)c1. The maximum absolute atomic E-state index is 14.7. The first kappa shape index (κ1) is 19.8. The lowest BCUT2D eigenvalue weighted by molar-refractivity contribution is 0.265. The fraction of sp³-hybridized carbons (Fsp3) is 0.167. The highest BCUT2D eigenvalue weighted by atomic mass is 32.2. The van der Waals surface area contributed by atoms with Gasteiger partial charge in [0.25, 0.3) is 0 Å². The number of rotatable bonds is 6. The molecule has 2 heterocycles. The van der Waals surface area contributed by atoms with Gasteiger partial charge in [0.05, 0.1) is 11.5 Å². The van der Waals surface area contributed by atoms with E-state index >= 15 is 0 Å². The molecule has 0 saturated heterocycles. The number of benzene rings is 1. The molecular formula is C18H18FN5O3S. The Labute approximate surface area is 161 Å². The molecule has 0 amide bonds. The van der Waals surface area contributed by atoms with Crippen molar-refractivity contribution in [3.05, 3.63) is 54.7 Å². The molecule has 4 N–H and O–H groups in total. The van der Waals surface area contributed by atoms with Crippen LogP contribution < -0.4 is 10.5 Å². The van der Waals surface area contributed by atoms with Crippen molar-refractivity contribution >= 4 is 16.0 Å². The number of aromatic nitrogens is 3. The van der Waals surface area contributed by atoms with Gasteiger partial charge in [-0.3, -0.25) is 4.98 Å². The molecule has 0 bridgehead atoms. The predicted molar refractivity (Wildman–Crippen MR) is 102 cm³/mol. The van der Waals surface area contributed by atoms with Gasteiger partial charge in [-0.05, 0) is 19.1 Å². The maximum Gasteiger partial charge on any atom is 0.241 e. The molecule has 8 nitrogen and oxygen atoms in total. The molecule has 1 aromatic carbocycles. The zero-order valence-corrected chi connectivity index (χ0v) is 15.7. The van der Waals surface area contributed by atoms with E-state index in [-0.39, 0.29) is 34.3 Å². The summed E-state index contributed by atoms with van der Waals surface area (Å²) < 4.78 is 42.3. The zero-order valence-electron chi connectivity index (χ0n) is 14.9. The van der Waals surface area contributed by atoms with E-state index in [0.717, 1.165) is 0 Å². The molecule has 0 aliphatic rings. The van der Waals surface area contributed by atoms with Crippen molar-refractivity contribution in [3.8, 4) is 22.4 Å². The number of pyridine rings is 1. The van der Waals surface area contributed by atoms with Crippen LogP contribution in [0.15, 0.2) is 53.8 Å². The number of sulfonamides is 1. The monoisotopic (exact) mass is 403 g/mol. The number of aliphatic hydroxyl groups is 1. The van der Waals surface area contributed by atoms with Crippen LogP contribution in [0.4, 0.5) is 10.3 Å². The number of anilines is 1. The van der Waals surface area contributed by atoms with Crippen molar-refractivity contribution in [2.75, 3.05) is 12.3 Å². The summed E-state index contributed by atoms with van der Waals surface area (Å²) in [6, 6.07) is 6.69. The van der Waals surface area contributed by atoms with Crippen molar-refractivity contribution < 1.29 is 17.9 Å². The van der Waals surface area contributed by atoms with E-state index in [9.17, 15) is 12.8 Å². The first-order chi connectivity index (χ1) is 13.3. The molecule has 3 aromatic rings. The van der Waals surface area contributed by atoms with Crippen molar-refractivity contribution in [2.24, 2.45) is 0 Å². The summed E-state index contributed by atoms with van der Waals surface area (Å²) in [4.78, 5) is 11.7. The first-order valence-electron chi connectivity index (χ1n) is 8.28. The fourth-order valence-electron chi connectivity index (χ4n) is 2.56. The lowest BCUT2D eigenvalue weighted by Gasteiger charge is -2.15. The predicted octanol–water partition coefficient (Wildman–Crippen LogP) is 1.59. The van der Waals surface area contributed by atoms with Gasteiger partial charge in [-0.1, -0.05) is 18.2 Å². The van der Waals surface area contributed by atoms with Gasteiger partial charge < -0.3 is 10.8 Å². The van der Waals surface area contributed by atoms with Gasteiger partial charge in [0.15, 0.2) is 0 Å². The molecule has 28 heavy (non-hydrogen) atoms. The molecule has 0 radical (unpaired) electrons. The summed E-state index contributed by atoms with van der Waals surface area (Å²) in [7, 11) is -3.92. The minimum absolute atomic E-state index is 0.0242. The number of aliphatic hydroxyl groups excluding tert-OH is 1. The average molecular weight is 403 g/mol. The summed E-state index contributed by atoms with van der Waals surface area (Å²) >= 11 is 0. The number of nitrogens with zero attached hydrogens (tertiary/aromatic N) is 3. The van der Waals surface area contributed by atoms with E-state index < -0.39 is 21.9 Å². The van der Waals surface area contributed by atoms with Crippen molar-refractivity contribution in [3.63, 3.8) is 0 Å². The van der Waals surface area contributed by atoms with Crippen LogP contribution in [-0.4, -0.2) is 41.1 Å². The van der Waals surface area contributed by atoms with E-state index in [1.54, 1.807) is 18.2 Å². The van der Waals surface area contributed by atoms with E-state index in [4.69, 9.17) is 10.8 Å². The highest BCUT2D eigenvalue weighted by molar-refractivity contribution is 7.89. The van der Waals surface area contributed by atoms with Gasteiger partial charge in [0.1, 0.15) is 11.5 Å². The van der Waals surface area contributed by atoms with Gasteiger partial charge in [-0.25, -0.2) is 27.5 Å². The summed E-state index contributed by atoms with van der Waals surface area (Å²) in [6.45, 7) is 1.18. The normalized spacial score (nSPS) is 12.7. The molecule has 1 unspecified atom stereocenters. The van der Waals surface area contributed by atoms with Crippen LogP contribution in [-0.2, 0) is 10.0 Å². The third-order valence-electron chi connectivity index (χ3n) is 3.90. The van der Waals surface area contributed by atoms with Crippen LogP contribution in [0, 0.1) is 5.82 Å². The highest BCUT2D eigenvalue weighted by Crippen LogP contribution is 2.30. The quantitative estimate of drug-likeness (QED) is 0.569. The van der Waals surface area contributed by atoms with E-state index in [1.165, 1.54) is 37.6 Å². The van der Waals surface area contributed by atoms with Crippen LogP contribution in [0.3, 0.4) is 0 Å². The Balaban J connectivity index is 2.03. The second-order valence-electron chi connectivity index (χ2n) is 6.09. The minimum Gasteiger partial charge on any atom is -0.395 e. The Hall–Kier alpha value is -2.95. The fourth-order valence-corrected chi connectivity index (χ4v) is 4.03. The number of halogens is 1. The Bertz CT molecular complexity index is 1090. The topological polar surface area (TPSA) is 131 Å². The molecule has 0 spiro atoms. The summed E-state index contributed by atoms with van der Waals surface area (Å²) in [5.41, 5.74) is 6.37. The lowest BCUT2D eigenvalue weighted by Crippen LogP contribution is -2.35. The lowest BCUT2D eigenvalue weighted by atomic mass is 10.1. The largest absolute Gasteiger partial charge is 0.395 e. The third kappa shape index (κ3) is 4.14. The maximum atomic E-state index is 14.7. The average Bonchev–Trinajstić information content (AvgIpc) is 2.68. The van der Waals surface area contributed by atoms with E-state index in [2.05, 4.69) is 19.7 Å². The van der Waals surface area contributed by atoms with Crippen LogP contribution in [0.1, 0.15) is 6.92 Å². The number of hydrogen-bond donors (Lipinski definition) is 3. The molecular weight excluding hydrogens is 385 g/mol. The number of nitrogens with two attached hydrogens (primary N) is 1. The second kappa shape index (κ2) is 7.97. The third-order valence-corrected chi connectivity index (χ3v) is 5.55. The van der Waals surface area contributed by atoms with Crippen molar-refractivity contribution in [1.82, 2.24) is 19.7 Å². The van der Waals surface area contributed by atoms with Crippen LogP contribution in [0.5, 0.6) is 0 Å². The van der Waals surface area contributed by atoms with E-state index in [1.807, 2.05) is 0 Å². The second-order valence-corrected chi connectivity index (χ2v) is 7.77. The molecule has 2 aromatic heterocycles. The Morgan fingerprint density at radius 2 is 1.79 bits per heavy atom. The summed E-state index contributed by atoms with van der Waals surface area (Å²) in [5, 5.41) is 9.12. The highest BCUT2D eigenvalue weighted by Gasteiger charge is 2.22. The molecule has 1 atom stereocenters. The Morgan fingerprint density at radius 3 is 2.43 bits per heavy atom. The van der Waals surface area contributed by atoms with Crippen LogP contribution in [0.25, 0.3) is 22.4 Å². The molecule has 10 heteroatoms. The molecule has 0 saturated carbocycles. The smallest absolute Gasteiger partial charge is 0.241 e. The van der Waals surface area contributed by atoms with Gasteiger partial charge in [0, 0.05) is 41.3 Å². The zero-order chi connectivity index (χ0) is 20.3. The standard InChI is InChI=1S/C18H18FN5O3S/c1-11(10-25)24-28(26,27)16-5-3-2-4-14(16)12-6-15(19)17(21-7-12)13-8-22-18(20)23-9-13/h2-9,11,24-25H,10H2,1H3,(H2,20,22,23). The Kier molecular flexibility index (Phi) is 5.63. The van der Waals surface area contributed by atoms with Gasteiger partial charge in [0.2, 0.25) is 16.0 Å². The van der Waals surface area contributed by atoms with E-state index in [0.29, 0.717) is 5.56 Å². The van der Waals surface area contributed by atoms with Gasteiger partial charge in [-0.2, -0.15) is 0 Å². The summed E-state index contributed by atoms with van der Waals surface area (Å²) in [5.74, 6) is -0.598. The Morgan fingerprint density at radius 1 is 1.14 bits per heavy atom. The summed E-state index contributed by atoms with van der Waals surface area (Å²) in [6.07, 6.45) is 4.08. The number of nitrogens with one attached hydrogen (secondary N) is 1. The first-order valence-corrected chi connectivity index (χ1v) is 9.76. The van der Waals surface area contributed by atoms with Gasteiger partial charge in [-0.15, -0.1) is 0 Å². The number of nitrogen functional groups attached to an aromatic ring is 1. The van der Waals surface area contributed by atoms with Crippen molar-refractivity contribution in [2.45, 2.75) is 17.9 Å². The molecule has 146 valence electrons. The molecule has 0 fully saturated rings. The van der Waals surface area contributed by atoms with Crippen LogP contribution >= 0.6 is 0 Å². The van der Waals surface area contributed by atoms with Crippen molar-refractivity contribution in [1.29, 1.82) is 0 Å². The van der Waals surface area contributed by atoms with Crippen LogP contribution in [0.2, 0.25) is 0 Å². The molecule has 0 aliphatic heterocycles. The minimum atomic E-state index is -3.92. The van der Waals surface area contributed by atoms with Gasteiger partial charge >= 0.3 is 0 Å².